The Morgan fingerprint density at radius 2 is 1.87 bits per heavy atom. The first kappa shape index (κ1) is 21.0. The second kappa shape index (κ2) is 7.80. The summed E-state index contributed by atoms with van der Waals surface area (Å²) in [5.74, 6) is 0.796. The van der Waals surface area contributed by atoms with Crippen LogP contribution >= 0.6 is 0 Å². The predicted molar refractivity (Wildman–Crippen MR) is 104 cm³/mol. The fourth-order valence-electron chi connectivity index (χ4n) is 4.63. The molecule has 1 aromatic heterocycles. The zero-order valence-electron chi connectivity index (χ0n) is 16.4. The van der Waals surface area contributed by atoms with E-state index >= 15 is 0 Å². The molecule has 0 radical (unpaired) electrons. The molecule has 0 bridgehead atoms. The molecule has 0 saturated carbocycles. The van der Waals surface area contributed by atoms with Crippen LogP contribution in [0.15, 0.2) is 17.0 Å². The Hall–Kier alpha value is -2.21. The van der Waals surface area contributed by atoms with Gasteiger partial charge in [0.2, 0.25) is 5.82 Å². The lowest BCUT2D eigenvalue weighted by molar-refractivity contribution is -0.139. The molecular weight excluding hydrogens is 421 g/mol. The molecule has 2 fully saturated rings. The molecule has 2 aromatic rings. The second-order valence-corrected chi connectivity index (χ2v) is 9.88. The van der Waals surface area contributed by atoms with Crippen LogP contribution in [-0.2, 0) is 16.0 Å². The van der Waals surface area contributed by atoms with Gasteiger partial charge in [-0.05, 0) is 61.5 Å². The van der Waals surface area contributed by atoms with Crippen molar-refractivity contribution in [2.24, 2.45) is 11.8 Å². The average Bonchev–Trinajstić information content (AvgIpc) is 3.38. The summed E-state index contributed by atoms with van der Waals surface area (Å²) in [5.41, 5.74) is -0.976. The number of nitrogens with zero attached hydrogens (tertiary/aromatic N) is 4. The van der Waals surface area contributed by atoms with Crippen LogP contribution in [0.4, 0.5) is 18.9 Å². The zero-order chi connectivity index (χ0) is 21.5. The van der Waals surface area contributed by atoms with E-state index in [1.54, 1.807) is 0 Å². The van der Waals surface area contributed by atoms with Crippen molar-refractivity contribution in [2.75, 3.05) is 37.3 Å². The van der Waals surface area contributed by atoms with Gasteiger partial charge in [-0.1, -0.05) is 0 Å². The molecule has 30 heavy (non-hydrogen) atoms. The lowest BCUT2D eigenvalue weighted by atomic mass is 9.84. The topological polar surface area (TPSA) is 104 Å². The molecule has 1 aromatic carbocycles. The number of nitrogens with one attached hydrogen (secondary N) is 2. The van der Waals surface area contributed by atoms with Crippen LogP contribution in [-0.4, -0.2) is 61.5 Å². The molecular formula is C18H23F3N6O2S. The molecule has 8 nitrogen and oxygen atoms in total. The van der Waals surface area contributed by atoms with E-state index in [0.29, 0.717) is 30.6 Å². The Labute approximate surface area is 172 Å². The van der Waals surface area contributed by atoms with Crippen molar-refractivity contribution in [1.82, 2.24) is 25.9 Å². The normalized spacial score (nSPS) is 21.3. The fourth-order valence-corrected chi connectivity index (χ4v) is 5.78. The second-order valence-electron chi connectivity index (χ2n) is 7.92. The van der Waals surface area contributed by atoms with Crippen LogP contribution in [0.1, 0.15) is 24.8 Å². The van der Waals surface area contributed by atoms with Crippen molar-refractivity contribution in [1.29, 1.82) is 0 Å². The van der Waals surface area contributed by atoms with E-state index in [0.717, 1.165) is 44.7 Å². The van der Waals surface area contributed by atoms with Gasteiger partial charge in [0.25, 0.3) is 0 Å². The number of anilines is 1. The Morgan fingerprint density at radius 1 is 1.13 bits per heavy atom. The molecule has 1 atom stereocenters. The number of halogens is 3. The van der Waals surface area contributed by atoms with Crippen LogP contribution in [0.25, 0.3) is 11.4 Å². The number of piperidine rings is 1. The summed E-state index contributed by atoms with van der Waals surface area (Å²) in [5, 5.41) is 16.6. The zero-order valence-corrected chi connectivity index (χ0v) is 17.2. The van der Waals surface area contributed by atoms with E-state index in [9.17, 15) is 21.6 Å². The number of alkyl halides is 3. The van der Waals surface area contributed by atoms with E-state index in [-0.39, 0.29) is 11.4 Å². The van der Waals surface area contributed by atoms with Gasteiger partial charge in [-0.2, -0.15) is 18.4 Å². The van der Waals surface area contributed by atoms with E-state index in [2.05, 4.69) is 25.9 Å². The maximum atomic E-state index is 13.7. The number of hydrogen-bond acceptors (Lipinski definition) is 7. The monoisotopic (exact) mass is 444 g/mol. The number of rotatable bonds is 4. The molecule has 2 aliphatic heterocycles. The number of sulfone groups is 1. The first-order chi connectivity index (χ1) is 14.2. The highest BCUT2D eigenvalue weighted by Crippen LogP contribution is 2.44. The number of aromatic nitrogens is 4. The van der Waals surface area contributed by atoms with Crippen LogP contribution in [0.3, 0.4) is 0 Å². The quantitative estimate of drug-likeness (QED) is 0.744. The summed E-state index contributed by atoms with van der Waals surface area (Å²) in [6.45, 7) is 3.22. The molecule has 164 valence electrons. The van der Waals surface area contributed by atoms with Gasteiger partial charge in [-0.25, -0.2) is 8.42 Å². The van der Waals surface area contributed by atoms with Gasteiger partial charge >= 0.3 is 6.18 Å². The molecule has 4 rings (SSSR count). The highest BCUT2D eigenvalue weighted by molar-refractivity contribution is 7.91. The van der Waals surface area contributed by atoms with Crippen LogP contribution in [0, 0.1) is 11.8 Å². The SMILES string of the molecule is CS(=O)(=O)c1c(C(F)(F)F)ccc(N2CCC(C3CCNCC3)C2)c1-c1nn[nH]n1. The van der Waals surface area contributed by atoms with Gasteiger partial charge in [-0.3, -0.25) is 0 Å². The van der Waals surface area contributed by atoms with Crippen molar-refractivity contribution in [3.63, 3.8) is 0 Å². The van der Waals surface area contributed by atoms with Crippen molar-refractivity contribution in [2.45, 2.75) is 30.3 Å². The number of H-pyrrole nitrogens is 1. The Balaban J connectivity index is 1.81. The van der Waals surface area contributed by atoms with Crippen LogP contribution in [0.5, 0.6) is 0 Å². The Bertz CT molecular complexity index is 1000. The molecule has 12 heteroatoms. The molecule has 0 aliphatic carbocycles. The van der Waals surface area contributed by atoms with Crippen molar-refractivity contribution < 1.29 is 21.6 Å². The van der Waals surface area contributed by atoms with Gasteiger partial charge in [-0.15, -0.1) is 10.2 Å². The first-order valence-corrected chi connectivity index (χ1v) is 11.7. The van der Waals surface area contributed by atoms with Crippen LogP contribution < -0.4 is 10.2 Å². The molecule has 3 heterocycles. The highest BCUT2D eigenvalue weighted by Gasteiger charge is 2.41. The summed E-state index contributed by atoms with van der Waals surface area (Å²) in [6, 6.07) is 2.17. The number of hydrogen-bond donors (Lipinski definition) is 2. The van der Waals surface area contributed by atoms with E-state index in [4.69, 9.17) is 0 Å². The summed E-state index contributed by atoms with van der Waals surface area (Å²) >= 11 is 0. The molecule has 2 N–H and O–H groups in total. The van der Waals surface area contributed by atoms with E-state index in [1.165, 1.54) is 6.07 Å². The number of benzene rings is 1. The summed E-state index contributed by atoms with van der Waals surface area (Å²) in [7, 11) is -4.24. The minimum atomic E-state index is -4.84. The van der Waals surface area contributed by atoms with E-state index < -0.39 is 26.5 Å². The Morgan fingerprint density at radius 3 is 2.47 bits per heavy atom. The average molecular weight is 444 g/mol. The van der Waals surface area contributed by atoms with Gasteiger partial charge in [0, 0.05) is 25.0 Å². The smallest absolute Gasteiger partial charge is 0.371 e. The summed E-state index contributed by atoms with van der Waals surface area (Å²) in [6.07, 6.45) is -1.02. The highest BCUT2D eigenvalue weighted by atomic mass is 32.2. The van der Waals surface area contributed by atoms with Gasteiger partial charge in [0.15, 0.2) is 9.84 Å². The minimum absolute atomic E-state index is 0.146. The standard InChI is InChI=1S/C18H23F3N6O2S/c1-30(28,29)16-13(18(19,20)21)2-3-14(15(16)17-23-25-26-24-17)27-9-6-12(10-27)11-4-7-22-8-5-11/h2-3,11-12,22H,4-10H2,1H3,(H,23,24,25,26). The number of aromatic amines is 1. The van der Waals surface area contributed by atoms with Gasteiger partial charge in [0.1, 0.15) is 0 Å². The lowest BCUT2D eigenvalue weighted by Gasteiger charge is -2.29. The first-order valence-electron chi connectivity index (χ1n) is 9.80. The fraction of sp³-hybridized carbons (Fsp3) is 0.611. The molecule has 1 unspecified atom stereocenters. The van der Waals surface area contributed by atoms with Crippen molar-refractivity contribution in [3.8, 4) is 11.4 Å². The maximum Gasteiger partial charge on any atom is 0.417 e. The third-order valence-electron chi connectivity index (χ3n) is 6.00. The molecule has 2 aliphatic rings. The Kier molecular flexibility index (Phi) is 5.47. The van der Waals surface area contributed by atoms with Crippen molar-refractivity contribution >= 4 is 15.5 Å². The lowest BCUT2D eigenvalue weighted by Crippen LogP contribution is -2.33. The minimum Gasteiger partial charge on any atom is -0.371 e. The molecule has 0 amide bonds. The largest absolute Gasteiger partial charge is 0.417 e. The van der Waals surface area contributed by atoms with Crippen LogP contribution in [0.2, 0.25) is 0 Å². The van der Waals surface area contributed by atoms with Gasteiger partial charge in [0.05, 0.1) is 16.0 Å². The summed E-state index contributed by atoms with van der Waals surface area (Å²) < 4.78 is 66.0. The van der Waals surface area contributed by atoms with Crippen molar-refractivity contribution in [3.05, 3.63) is 17.7 Å². The third kappa shape index (κ3) is 4.02. The maximum absolute atomic E-state index is 13.7. The van der Waals surface area contributed by atoms with Gasteiger partial charge < -0.3 is 10.2 Å². The predicted octanol–water partition coefficient (Wildman–Crippen LogP) is 2.11. The number of tetrazole rings is 1. The third-order valence-corrected chi connectivity index (χ3v) is 7.16. The molecule has 2 saturated heterocycles. The molecule has 0 spiro atoms. The summed E-state index contributed by atoms with van der Waals surface area (Å²) in [4.78, 5) is 1.15. The van der Waals surface area contributed by atoms with E-state index in [1.807, 2.05) is 4.90 Å².